The van der Waals surface area contributed by atoms with Crippen LogP contribution >= 0.6 is 0 Å². The zero-order valence-electron chi connectivity index (χ0n) is 10.3. The van der Waals surface area contributed by atoms with Gasteiger partial charge in [-0.05, 0) is 31.1 Å². The summed E-state index contributed by atoms with van der Waals surface area (Å²) in [5.74, 6) is 1.41. The van der Waals surface area contributed by atoms with Gasteiger partial charge in [-0.2, -0.15) is 4.98 Å². The van der Waals surface area contributed by atoms with Gasteiger partial charge in [0.2, 0.25) is 0 Å². The van der Waals surface area contributed by atoms with E-state index in [1.807, 2.05) is 0 Å². The molecule has 1 aliphatic rings. The van der Waals surface area contributed by atoms with Crippen molar-refractivity contribution >= 4 is 0 Å². The van der Waals surface area contributed by atoms with E-state index in [9.17, 15) is 4.39 Å². The first-order valence-electron chi connectivity index (χ1n) is 6.21. The molecular formula is C13H14FN3O2. The van der Waals surface area contributed by atoms with Crippen LogP contribution in [0.2, 0.25) is 0 Å². The summed E-state index contributed by atoms with van der Waals surface area (Å²) in [5, 5.41) is 7.07. The monoisotopic (exact) mass is 263 g/mol. The second-order valence-electron chi connectivity index (χ2n) is 4.55. The highest BCUT2D eigenvalue weighted by Crippen LogP contribution is 2.17. The number of nitrogens with one attached hydrogen (secondary N) is 1. The fraction of sp³-hybridized carbons (Fsp3) is 0.385. The molecule has 2 aromatic rings. The van der Waals surface area contributed by atoms with Crippen LogP contribution in [0.5, 0.6) is 5.75 Å². The van der Waals surface area contributed by atoms with Crippen molar-refractivity contribution in [1.29, 1.82) is 0 Å². The van der Waals surface area contributed by atoms with E-state index >= 15 is 0 Å². The largest absolute Gasteiger partial charge is 0.481 e. The second-order valence-corrected chi connectivity index (χ2v) is 4.55. The van der Waals surface area contributed by atoms with E-state index in [1.54, 1.807) is 18.2 Å². The molecule has 1 aliphatic heterocycles. The Morgan fingerprint density at radius 2 is 2.21 bits per heavy atom. The maximum absolute atomic E-state index is 13.3. The molecule has 1 aromatic heterocycles. The van der Waals surface area contributed by atoms with E-state index in [2.05, 4.69) is 15.5 Å². The van der Waals surface area contributed by atoms with Crippen molar-refractivity contribution in [3.63, 3.8) is 0 Å². The van der Waals surface area contributed by atoms with E-state index in [0.29, 0.717) is 17.6 Å². The zero-order chi connectivity index (χ0) is 13.1. The van der Waals surface area contributed by atoms with Crippen LogP contribution in [0.1, 0.15) is 11.7 Å². The minimum Gasteiger partial charge on any atom is -0.481 e. The number of para-hydroxylation sites is 1. The third-order valence-electron chi connectivity index (χ3n) is 3.04. The highest BCUT2D eigenvalue weighted by atomic mass is 19.1. The average molecular weight is 263 g/mol. The molecule has 0 amide bonds. The van der Waals surface area contributed by atoms with Gasteiger partial charge in [0.15, 0.2) is 24.0 Å². The predicted octanol–water partition coefficient (Wildman–Crippen LogP) is 1.55. The summed E-state index contributed by atoms with van der Waals surface area (Å²) in [5.41, 5.74) is 0. The third-order valence-corrected chi connectivity index (χ3v) is 3.04. The lowest BCUT2D eigenvalue weighted by molar-refractivity contribution is 0.233. The number of ether oxygens (including phenoxy) is 1. The molecule has 5 nitrogen and oxygen atoms in total. The Morgan fingerprint density at radius 3 is 2.95 bits per heavy atom. The van der Waals surface area contributed by atoms with Gasteiger partial charge in [0.05, 0.1) is 0 Å². The normalized spacial score (nSPS) is 15.2. The van der Waals surface area contributed by atoms with Crippen LogP contribution in [0.3, 0.4) is 0 Å². The van der Waals surface area contributed by atoms with Gasteiger partial charge in [0.25, 0.3) is 5.89 Å². The van der Waals surface area contributed by atoms with E-state index in [-0.39, 0.29) is 12.4 Å². The molecule has 0 spiro atoms. The summed E-state index contributed by atoms with van der Waals surface area (Å²) in [6.45, 7) is 2.07. The zero-order valence-corrected chi connectivity index (χ0v) is 10.3. The van der Waals surface area contributed by atoms with E-state index in [4.69, 9.17) is 9.26 Å². The number of hydrogen-bond donors (Lipinski definition) is 1. The summed E-state index contributed by atoms with van der Waals surface area (Å²) in [4.78, 5) is 4.22. The summed E-state index contributed by atoms with van der Waals surface area (Å²) < 4.78 is 23.7. The Labute approximate surface area is 109 Å². The number of rotatable bonds is 5. The van der Waals surface area contributed by atoms with Crippen LogP contribution in [-0.4, -0.2) is 23.2 Å². The van der Waals surface area contributed by atoms with Gasteiger partial charge in [0, 0.05) is 6.42 Å². The lowest BCUT2D eigenvalue weighted by Crippen LogP contribution is -2.43. The topological polar surface area (TPSA) is 60.2 Å². The van der Waals surface area contributed by atoms with Crippen molar-refractivity contribution in [2.45, 2.75) is 13.0 Å². The van der Waals surface area contributed by atoms with Crippen LogP contribution in [0, 0.1) is 11.7 Å². The molecule has 0 atom stereocenters. The van der Waals surface area contributed by atoms with Crippen molar-refractivity contribution in [1.82, 2.24) is 15.5 Å². The number of aromatic nitrogens is 2. The number of nitrogens with zero attached hydrogens (tertiary/aromatic N) is 2. The SMILES string of the molecule is Fc1ccccc1OCc1nc(CC2CNC2)no1. The lowest BCUT2D eigenvalue weighted by Gasteiger charge is -2.25. The van der Waals surface area contributed by atoms with Gasteiger partial charge in [-0.25, -0.2) is 4.39 Å². The Kier molecular flexibility index (Phi) is 3.41. The summed E-state index contributed by atoms with van der Waals surface area (Å²) >= 11 is 0. The fourth-order valence-corrected chi connectivity index (χ4v) is 1.88. The van der Waals surface area contributed by atoms with Gasteiger partial charge in [-0.15, -0.1) is 0 Å². The van der Waals surface area contributed by atoms with Crippen LogP contribution in [0.4, 0.5) is 4.39 Å². The van der Waals surface area contributed by atoms with Gasteiger partial charge in [0.1, 0.15) is 0 Å². The fourth-order valence-electron chi connectivity index (χ4n) is 1.88. The Morgan fingerprint density at radius 1 is 1.37 bits per heavy atom. The van der Waals surface area contributed by atoms with Crippen LogP contribution in [0.15, 0.2) is 28.8 Å². The summed E-state index contributed by atoms with van der Waals surface area (Å²) in [6.07, 6.45) is 0.802. The molecular weight excluding hydrogens is 249 g/mol. The maximum atomic E-state index is 13.3. The smallest absolute Gasteiger partial charge is 0.264 e. The van der Waals surface area contributed by atoms with Crippen LogP contribution < -0.4 is 10.1 Å². The van der Waals surface area contributed by atoms with Crippen molar-refractivity contribution in [3.8, 4) is 5.75 Å². The van der Waals surface area contributed by atoms with Crippen molar-refractivity contribution in [3.05, 3.63) is 41.8 Å². The van der Waals surface area contributed by atoms with Crippen molar-refractivity contribution < 1.29 is 13.7 Å². The van der Waals surface area contributed by atoms with Crippen molar-refractivity contribution in [2.24, 2.45) is 5.92 Å². The Bertz CT molecular complexity index is 554. The molecule has 2 heterocycles. The Balaban J connectivity index is 1.56. The van der Waals surface area contributed by atoms with Crippen LogP contribution in [-0.2, 0) is 13.0 Å². The summed E-state index contributed by atoms with van der Waals surface area (Å²) in [6, 6.07) is 6.23. The standard InChI is InChI=1S/C13H14FN3O2/c14-10-3-1-2-4-11(10)18-8-13-16-12(17-19-13)5-9-6-15-7-9/h1-4,9,15H,5-8H2. The average Bonchev–Trinajstić information content (AvgIpc) is 2.81. The quantitative estimate of drug-likeness (QED) is 0.886. The Hall–Kier alpha value is -1.95. The minimum atomic E-state index is -0.400. The minimum absolute atomic E-state index is 0.0802. The lowest BCUT2D eigenvalue weighted by atomic mass is 9.99. The molecule has 0 radical (unpaired) electrons. The summed E-state index contributed by atoms with van der Waals surface area (Å²) in [7, 11) is 0. The highest BCUT2D eigenvalue weighted by molar-refractivity contribution is 5.23. The first-order valence-corrected chi connectivity index (χ1v) is 6.21. The molecule has 1 aromatic carbocycles. The van der Waals surface area contributed by atoms with Crippen molar-refractivity contribution in [2.75, 3.05) is 13.1 Å². The number of halogens is 1. The highest BCUT2D eigenvalue weighted by Gasteiger charge is 2.20. The molecule has 1 N–H and O–H groups in total. The third kappa shape index (κ3) is 2.90. The molecule has 6 heteroatoms. The van der Waals surface area contributed by atoms with Crippen LogP contribution in [0.25, 0.3) is 0 Å². The first kappa shape index (κ1) is 12.1. The molecule has 0 bridgehead atoms. The molecule has 100 valence electrons. The first-order chi connectivity index (χ1) is 9.31. The molecule has 0 unspecified atom stereocenters. The van der Waals surface area contributed by atoms with E-state index in [0.717, 1.165) is 19.5 Å². The number of hydrogen-bond acceptors (Lipinski definition) is 5. The van der Waals surface area contributed by atoms with E-state index in [1.165, 1.54) is 6.07 Å². The second kappa shape index (κ2) is 5.36. The molecule has 3 rings (SSSR count). The molecule has 0 saturated carbocycles. The molecule has 1 fully saturated rings. The molecule has 1 saturated heterocycles. The predicted molar refractivity (Wildman–Crippen MR) is 65.1 cm³/mol. The van der Waals surface area contributed by atoms with Gasteiger partial charge >= 0.3 is 0 Å². The number of benzene rings is 1. The maximum Gasteiger partial charge on any atom is 0.264 e. The van der Waals surface area contributed by atoms with Gasteiger partial charge in [-0.3, -0.25) is 0 Å². The molecule has 0 aliphatic carbocycles. The van der Waals surface area contributed by atoms with Gasteiger partial charge < -0.3 is 14.6 Å². The van der Waals surface area contributed by atoms with E-state index < -0.39 is 5.82 Å². The molecule has 19 heavy (non-hydrogen) atoms. The van der Waals surface area contributed by atoms with Gasteiger partial charge in [-0.1, -0.05) is 17.3 Å².